The fourth-order valence-electron chi connectivity index (χ4n) is 4.79. The monoisotopic (exact) mass is 667 g/mol. The quantitative estimate of drug-likeness (QED) is 0.0429. The van der Waals surface area contributed by atoms with Gasteiger partial charge >= 0.3 is 11.9 Å². The van der Waals surface area contributed by atoms with Gasteiger partial charge in [-0.3, -0.25) is 9.59 Å². The van der Waals surface area contributed by atoms with Crippen molar-refractivity contribution >= 4 is 11.9 Å². The SMILES string of the molecule is CC/C=C\C/C=C\C/C=C\C/C=C\C/C=C\CCCC(=O)OC(CO)COC(=O)CCCCCCCCC/C=C\C/C=C\CCCCC. The lowest BCUT2D eigenvalue weighted by molar-refractivity contribution is -0.161. The molecule has 48 heavy (non-hydrogen) atoms. The molecule has 272 valence electrons. The minimum atomic E-state index is -0.808. The summed E-state index contributed by atoms with van der Waals surface area (Å²) < 4.78 is 10.5. The molecule has 1 atom stereocenters. The topological polar surface area (TPSA) is 72.8 Å². The van der Waals surface area contributed by atoms with Gasteiger partial charge in [-0.15, -0.1) is 0 Å². The molecule has 1 unspecified atom stereocenters. The zero-order valence-corrected chi connectivity index (χ0v) is 30.7. The van der Waals surface area contributed by atoms with Gasteiger partial charge in [0.1, 0.15) is 6.61 Å². The molecule has 0 saturated carbocycles. The molecule has 0 aromatic rings. The van der Waals surface area contributed by atoms with Crippen LogP contribution in [0.3, 0.4) is 0 Å². The number of hydrogen-bond acceptors (Lipinski definition) is 5. The highest BCUT2D eigenvalue weighted by Crippen LogP contribution is 2.11. The smallest absolute Gasteiger partial charge is 0.306 e. The van der Waals surface area contributed by atoms with Crippen LogP contribution >= 0.6 is 0 Å². The molecule has 0 aliphatic carbocycles. The van der Waals surface area contributed by atoms with E-state index in [9.17, 15) is 14.7 Å². The van der Waals surface area contributed by atoms with E-state index in [1.165, 1.54) is 51.4 Å². The first-order valence-corrected chi connectivity index (χ1v) is 19.1. The Morgan fingerprint density at radius 1 is 0.500 bits per heavy atom. The first kappa shape index (κ1) is 45.1. The van der Waals surface area contributed by atoms with E-state index < -0.39 is 6.10 Å². The van der Waals surface area contributed by atoms with Crippen LogP contribution in [0.25, 0.3) is 0 Å². The van der Waals surface area contributed by atoms with Crippen LogP contribution in [-0.2, 0) is 19.1 Å². The van der Waals surface area contributed by atoms with Crippen molar-refractivity contribution in [1.29, 1.82) is 0 Å². The average molecular weight is 667 g/mol. The fraction of sp³-hybridized carbons (Fsp3) is 0.628. The maximum absolute atomic E-state index is 12.1. The Labute approximate surface area is 295 Å². The van der Waals surface area contributed by atoms with Gasteiger partial charge in [-0.2, -0.15) is 0 Å². The Morgan fingerprint density at radius 2 is 0.917 bits per heavy atom. The van der Waals surface area contributed by atoms with Crippen LogP contribution in [0.4, 0.5) is 0 Å². The van der Waals surface area contributed by atoms with Crippen LogP contribution in [-0.4, -0.2) is 36.4 Å². The Balaban J connectivity index is 3.70. The zero-order valence-electron chi connectivity index (χ0n) is 30.7. The predicted molar refractivity (Wildman–Crippen MR) is 205 cm³/mol. The lowest BCUT2D eigenvalue weighted by Gasteiger charge is -2.15. The molecular weight excluding hydrogens is 596 g/mol. The molecule has 5 heteroatoms. The molecule has 0 heterocycles. The number of hydrogen-bond donors (Lipinski definition) is 1. The summed E-state index contributed by atoms with van der Waals surface area (Å²) in [6, 6.07) is 0. The van der Waals surface area contributed by atoms with Crippen LogP contribution in [0.2, 0.25) is 0 Å². The Morgan fingerprint density at radius 3 is 1.42 bits per heavy atom. The second kappa shape index (κ2) is 38.5. The van der Waals surface area contributed by atoms with Crippen molar-refractivity contribution in [2.45, 2.75) is 161 Å². The molecule has 0 aromatic heterocycles. The molecule has 0 aliphatic heterocycles. The van der Waals surface area contributed by atoms with Crippen molar-refractivity contribution in [3.8, 4) is 0 Å². The van der Waals surface area contributed by atoms with E-state index in [4.69, 9.17) is 9.47 Å². The van der Waals surface area contributed by atoms with Gasteiger partial charge in [-0.1, -0.05) is 144 Å². The Bertz CT molecular complexity index is 937. The summed E-state index contributed by atoms with van der Waals surface area (Å²) in [6.07, 6.45) is 52.1. The molecule has 0 bridgehead atoms. The number of carbonyl (C=O) groups is 2. The van der Waals surface area contributed by atoms with Crippen LogP contribution in [0.5, 0.6) is 0 Å². The van der Waals surface area contributed by atoms with Gasteiger partial charge in [-0.05, 0) is 83.5 Å². The number of ether oxygens (including phenoxy) is 2. The van der Waals surface area contributed by atoms with Gasteiger partial charge in [0.25, 0.3) is 0 Å². The van der Waals surface area contributed by atoms with Gasteiger partial charge in [0, 0.05) is 12.8 Å². The van der Waals surface area contributed by atoms with Crippen LogP contribution in [0.1, 0.15) is 155 Å². The maximum atomic E-state index is 12.1. The van der Waals surface area contributed by atoms with Crippen molar-refractivity contribution in [3.05, 3.63) is 85.1 Å². The number of esters is 2. The van der Waals surface area contributed by atoms with E-state index in [2.05, 4.69) is 98.9 Å². The number of aliphatic hydroxyl groups excluding tert-OH is 1. The van der Waals surface area contributed by atoms with E-state index >= 15 is 0 Å². The summed E-state index contributed by atoms with van der Waals surface area (Å²) in [7, 11) is 0. The standard InChI is InChI=1S/C43H70O5/c1-3-5-7-9-11-13-15-17-19-21-23-25-27-29-31-33-35-37-42(45)47-40-41(39-44)48-43(46)38-36-34-32-30-28-26-24-22-20-18-16-14-12-10-8-6-4-2/h6,8,11-14,17-20,24,26,30,32,41,44H,3-5,7,9-10,15-16,21-23,25,27-29,31,33-40H2,1-2H3/b8-6-,13-11-,14-12-,19-17-,20-18-,26-24-,32-30-. The normalized spacial score (nSPS) is 13.1. The van der Waals surface area contributed by atoms with E-state index in [1.54, 1.807) is 0 Å². The summed E-state index contributed by atoms with van der Waals surface area (Å²) in [5.41, 5.74) is 0. The number of unbranched alkanes of at least 4 members (excludes halogenated alkanes) is 11. The summed E-state index contributed by atoms with van der Waals surface area (Å²) in [5.74, 6) is -0.677. The molecule has 0 amide bonds. The average Bonchev–Trinajstić information content (AvgIpc) is 3.09. The van der Waals surface area contributed by atoms with Gasteiger partial charge in [0.2, 0.25) is 0 Å². The van der Waals surface area contributed by atoms with Crippen molar-refractivity contribution < 1.29 is 24.2 Å². The zero-order chi connectivity index (χ0) is 35.0. The third kappa shape index (κ3) is 35.9. The summed E-state index contributed by atoms with van der Waals surface area (Å²) >= 11 is 0. The third-order valence-electron chi connectivity index (χ3n) is 7.67. The number of allylic oxidation sites excluding steroid dienone is 14. The molecule has 1 N–H and O–H groups in total. The van der Waals surface area contributed by atoms with Gasteiger partial charge in [0.15, 0.2) is 6.10 Å². The van der Waals surface area contributed by atoms with Crippen LogP contribution in [0.15, 0.2) is 85.1 Å². The highest BCUT2D eigenvalue weighted by Gasteiger charge is 2.15. The van der Waals surface area contributed by atoms with Crippen LogP contribution in [0, 0.1) is 0 Å². The van der Waals surface area contributed by atoms with Crippen molar-refractivity contribution in [1.82, 2.24) is 0 Å². The molecule has 0 spiro atoms. The van der Waals surface area contributed by atoms with Gasteiger partial charge in [-0.25, -0.2) is 0 Å². The van der Waals surface area contributed by atoms with E-state index in [0.717, 1.165) is 70.6 Å². The molecule has 5 nitrogen and oxygen atoms in total. The van der Waals surface area contributed by atoms with Crippen molar-refractivity contribution in [2.75, 3.05) is 13.2 Å². The summed E-state index contributed by atoms with van der Waals surface area (Å²) in [6.45, 7) is 3.92. The number of aliphatic hydroxyl groups is 1. The Kier molecular flexibility index (Phi) is 36.2. The highest BCUT2D eigenvalue weighted by atomic mass is 16.6. The minimum Gasteiger partial charge on any atom is -0.462 e. The summed E-state index contributed by atoms with van der Waals surface area (Å²) in [5, 5.41) is 9.54. The van der Waals surface area contributed by atoms with Crippen LogP contribution < -0.4 is 0 Å². The van der Waals surface area contributed by atoms with Crippen molar-refractivity contribution in [2.24, 2.45) is 0 Å². The highest BCUT2D eigenvalue weighted by molar-refractivity contribution is 5.70. The molecule has 0 rings (SSSR count). The molecule has 0 aliphatic rings. The van der Waals surface area contributed by atoms with E-state index in [1.807, 2.05) is 0 Å². The van der Waals surface area contributed by atoms with E-state index in [-0.39, 0.29) is 31.6 Å². The first-order valence-electron chi connectivity index (χ1n) is 19.1. The molecule has 0 aromatic carbocycles. The second-order valence-electron chi connectivity index (χ2n) is 12.3. The first-order chi connectivity index (χ1) is 23.6. The predicted octanol–water partition coefficient (Wildman–Crippen LogP) is 11.9. The molecule has 0 saturated heterocycles. The lowest BCUT2D eigenvalue weighted by Crippen LogP contribution is -2.28. The van der Waals surface area contributed by atoms with Crippen molar-refractivity contribution in [3.63, 3.8) is 0 Å². The van der Waals surface area contributed by atoms with E-state index in [0.29, 0.717) is 12.8 Å². The minimum absolute atomic E-state index is 0.0977. The molecule has 0 radical (unpaired) electrons. The molecule has 0 fully saturated rings. The molecular formula is C43H70O5. The largest absolute Gasteiger partial charge is 0.462 e. The number of carbonyl (C=O) groups excluding carboxylic acids is 2. The third-order valence-corrected chi connectivity index (χ3v) is 7.67. The second-order valence-corrected chi connectivity index (χ2v) is 12.3. The summed E-state index contributed by atoms with van der Waals surface area (Å²) in [4.78, 5) is 24.2. The lowest BCUT2D eigenvalue weighted by atomic mass is 10.1. The fourth-order valence-corrected chi connectivity index (χ4v) is 4.79. The Hall–Kier alpha value is -2.92. The number of rotatable bonds is 33. The van der Waals surface area contributed by atoms with Gasteiger partial charge in [0.05, 0.1) is 6.61 Å². The van der Waals surface area contributed by atoms with Gasteiger partial charge < -0.3 is 14.6 Å². The maximum Gasteiger partial charge on any atom is 0.306 e.